The smallest absolute Gasteiger partial charge is 0.407 e. The summed E-state index contributed by atoms with van der Waals surface area (Å²) in [4.78, 5) is 70.3. The van der Waals surface area contributed by atoms with E-state index >= 15 is 0 Å². The summed E-state index contributed by atoms with van der Waals surface area (Å²) in [5, 5.41) is 11.3. The molecule has 3 fully saturated rings. The number of hydrogen-bond acceptors (Lipinski definition) is 9. The van der Waals surface area contributed by atoms with Gasteiger partial charge in [0.1, 0.15) is 12.1 Å². The van der Waals surface area contributed by atoms with Gasteiger partial charge in [0.25, 0.3) is 5.91 Å². The van der Waals surface area contributed by atoms with E-state index in [1.165, 1.54) is 4.90 Å². The molecule has 1 saturated heterocycles. The van der Waals surface area contributed by atoms with Crippen molar-refractivity contribution in [1.82, 2.24) is 31.0 Å². The van der Waals surface area contributed by atoms with E-state index in [2.05, 4.69) is 30.8 Å². The molecule has 4 amide bonds. The van der Waals surface area contributed by atoms with Gasteiger partial charge in [0, 0.05) is 32.4 Å². The molecule has 0 bridgehead atoms. The third kappa shape index (κ3) is 6.99. The molecule has 4 rings (SSSR count). The number of aromatic nitrogens is 2. The molecule has 41 heavy (non-hydrogen) atoms. The van der Waals surface area contributed by atoms with Gasteiger partial charge in [0.05, 0.1) is 13.2 Å². The summed E-state index contributed by atoms with van der Waals surface area (Å²) in [6.07, 6.45) is -0.811. The average Bonchev–Trinajstić information content (AvgIpc) is 3.65. The monoisotopic (exact) mass is 582 g/mol. The number of alkyl carbamates (subject to hydrolysis) is 1. The Morgan fingerprint density at radius 3 is 2.41 bits per heavy atom. The summed E-state index contributed by atoms with van der Waals surface area (Å²) in [6, 6.07) is -3.93. The second-order valence-corrected chi connectivity index (χ2v) is 11.8. The number of likely N-dealkylation sites (tertiary alicyclic amines) is 1. The van der Waals surface area contributed by atoms with Crippen LogP contribution in [0.15, 0.2) is 4.52 Å². The molecule has 226 valence electrons. The Hall–Kier alpha value is -3.65. The standard InChI is InChI=1S/C26H36F2N6O7/c1-12-29-17(33-41-12)10-16(32-24(39)40-5)23(38)34-11-14-18(25(14,2)3)19(34)21(36)31-15(8-9-26(4,27)28)20(35)22(37)30-13-6-7-13/h13-16,18-19H,6-11H2,1-5H3,(H,30,37)(H,31,36)(H,32,39)/t14-,15-,16-,18-,19-/m0/s1. The maximum Gasteiger partial charge on any atom is 0.407 e. The van der Waals surface area contributed by atoms with Crippen LogP contribution in [-0.4, -0.2) is 88.4 Å². The molecule has 0 radical (unpaired) electrons. The van der Waals surface area contributed by atoms with Gasteiger partial charge >= 0.3 is 6.09 Å². The van der Waals surface area contributed by atoms with E-state index in [1.807, 2.05) is 13.8 Å². The lowest BCUT2D eigenvalue weighted by atomic mass is 9.98. The third-order valence-corrected chi connectivity index (χ3v) is 8.13. The normalized spacial score (nSPS) is 24.1. The van der Waals surface area contributed by atoms with E-state index in [0.29, 0.717) is 19.8 Å². The number of methoxy groups -OCH3 is 1. The molecular formula is C26H36F2N6O7. The molecule has 1 aromatic rings. The van der Waals surface area contributed by atoms with Gasteiger partial charge in [-0.1, -0.05) is 19.0 Å². The van der Waals surface area contributed by atoms with Gasteiger partial charge in [-0.3, -0.25) is 19.2 Å². The minimum absolute atomic E-state index is 0.0549. The van der Waals surface area contributed by atoms with Gasteiger partial charge in [0.15, 0.2) is 5.82 Å². The zero-order valence-electron chi connectivity index (χ0n) is 23.7. The summed E-state index contributed by atoms with van der Waals surface area (Å²) in [6.45, 7) is 6.33. The summed E-state index contributed by atoms with van der Waals surface area (Å²) in [5.41, 5.74) is -0.311. The van der Waals surface area contributed by atoms with Crippen LogP contribution in [0.1, 0.15) is 58.2 Å². The van der Waals surface area contributed by atoms with Gasteiger partial charge in [-0.2, -0.15) is 4.98 Å². The number of halogens is 2. The van der Waals surface area contributed by atoms with E-state index < -0.39 is 66.5 Å². The SMILES string of the molecule is COC(=O)N[C@@H](Cc1noc(C)n1)C(=O)N1C[C@H]2[C@@H]([C@H]1C(=O)N[C@@H](CCC(C)(F)F)C(=O)C(=O)NC1CC1)C2(C)C. The molecule has 2 heterocycles. The number of carbonyl (C=O) groups excluding carboxylic acids is 5. The number of alkyl halides is 2. The summed E-state index contributed by atoms with van der Waals surface area (Å²) in [5.74, 6) is -6.39. The number of fused-ring (bicyclic) bond motifs is 1. The maximum absolute atomic E-state index is 13.8. The number of carbonyl (C=O) groups is 5. The van der Waals surface area contributed by atoms with Crippen LogP contribution in [-0.2, 0) is 30.3 Å². The van der Waals surface area contributed by atoms with Crippen molar-refractivity contribution in [1.29, 1.82) is 0 Å². The number of ketones is 1. The van der Waals surface area contributed by atoms with Crippen molar-refractivity contribution in [3.8, 4) is 0 Å². The fraction of sp³-hybridized carbons (Fsp3) is 0.731. The van der Waals surface area contributed by atoms with Crippen LogP contribution in [0.25, 0.3) is 0 Å². The lowest BCUT2D eigenvalue weighted by Crippen LogP contribution is -2.58. The van der Waals surface area contributed by atoms with Gasteiger partial charge in [-0.25, -0.2) is 13.6 Å². The Morgan fingerprint density at radius 1 is 1.17 bits per heavy atom. The van der Waals surface area contributed by atoms with Gasteiger partial charge in [0.2, 0.25) is 29.4 Å². The molecule has 15 heteroatoms. The van der Waals surface area contributed by atoms with Crippen LogP contribution in [0.2, 0.25) is 0 Å². The van der Waals surface area contributed by atoms with Crippen LogP contribution < -0.4 is 16.0 Å². The molecule has 3 N–H and O–H groups in total. The molecule has 0 unspecified atom stereocenters. The molecule has 0 aromatic carbocycles. The number of rotatable bonds is 12. The number of amides is 4. The number of Topliss-reactive ketones (excluding diaryl/α,β-unsaturated/α-hetero) is 1. The highest BCUT2D eigenvalue weighted by Crippen LogP contribution is 2.64. The van der Waals surface area contributed by atoms with Crippen LogP contribution in [0, 0.1) is 24.2 Å². The van der Waals surface area contributed by atoms with Gasteiger partial charge < -0.3 is 30.1 Å². The summed E-state index contributed by atoms with van der Waals surface area (Å²) < 4.78 is 37.0. The first-order chi connectivity index (χ1) is 19.1. The number of nitrogens with one attached hydrogen (secondary N) is 3. The third-order valence-electron chi connectivity index (χ3n) is 8.13. The van der Waals surface area contributed by atoms with Crippen molar-refractivity contribution in [3.05, 3.63) is 11.7 Å². The molecular weight excluding hydrogens is 546 g/mol. The first-order valence-corrected chi connectivity index (χ1v) is 13.6. The highest BCUT2D eigenvalue weighted by atomic mass is 19.3. The Bertz CT molecular complexity index is 1210. The predicted molar refractivity (Wildman–Crippen MR) is 136 cm³/mol. The number of aryl methyl sites for hydroxylation is 1. The number of ether oxygens (including phenoxy) is 1. The minimum Gasteiger partial charge on any atom is -0.453 e. The largest absolute Gasteiger partial charge is 0.453 e. The van der Waals surface area contributed by atoms with Crippen molar-refractivity contribution < 1.29 is 42.0 Å². The molecule has 3 aliphatic rings. The van der Waals surface area contributed by atoms with Crippen molar-refractivity contribution in [2.75, 3.05) is 13.7 Å². The number of nitrogens with zero attached hydrogens (tertiary/aromatic N) is 3. The zero-order chi connectivity index (χ0) is 30.3. The van der Waals surface area contributed by atoms with Crippen molar-refractivity contribution in [2.24, 2.45) is 17.3 Å². The Morgan fingerprint density at radius 2 is 1.85 bits per heavy atom. The van der Waals surface area contributed by atoms with Crippen molar-refractivity contribution in [3.63, 3.8) is 0 Å². The topological polar surface area (TPSA) is 173 Å². The predicted octanol–water partition coefficient (Wildman–Crippen LogP) is 0.896. The second kappa shape index (κ2) is 11.3. The highest BCUT2D eigenvalue weighted by Gasteiger charge is 2.69. The Kier molecular flexibility index (Phi) is 8.37. The fourth-order valence-corrected chi connectivity index (χ4v) is 5.59. The summed E-state index contributed by atoms with van der Waals surface area (Å²) in [7, 11) is 1.13. The van der Waals surface area contributed by atoms with E-state index in [-0.39, 0.29) is 48.0 Å². The number of piperidine rings is 1. The van der Waals surface area contributed by atoms with Gasteiger partial charge in [-0.05, 0) is 43.4 Å². The molecule has 1 aromatic heterocycles. The van der Waals surface area contributed by atoms with E-state index in [4.69, 9.17) is 4.52 Å². The molecule has 13 nitrogen and oxygen atoms in total. The molecule has 5 atom stereocenters. The van der Waals surface area contributed by atoms with E-state index in [1.54, 1.807) is 6.92 Å². The maximum atomic E-state index is 13.8. The zero-order valence-corrected chi connectivity index (χ0v) is 23.7. The first-order valence-electron chi connectivity index (χ1n) is 13.6. The second-order valence-electron chi connectivity index (χ2n) is 11.8. The van der Waals surface area contributed by atoms with Crippen LogP contribution in [0.3, 0.4) is 0 Å². The fourth-order valence-electron chi connectivity index (χ4n) is 5.59. The Balaban J connectivity index is 1.55. The number of hydrogen-bond donors (Lipinski definition) is 3. The van der Waals surface area contributed by atoms with Crippen LogP contribution in [0.4, 0.5) is 13.6 Å². The average molecular weight is 583 g/mol. The van der Waals surface area contributed by atoms with Crippen LogP contribution in [0.5, 0.6) is 0 Å². The molecule has 2 saturated carbocycles. The first kappa shape index (κ1) is 30.3. The molecule has 1 aliphatic heterocycles. The molecule has 0 spiro atoms. The Labute approximate surface area is 235 Å². The lowest BCUT2D eigenvalue weighted by Gasteiger charge is -2.33. The van der Waals surface area contributed by atoms with Crippen molar-refractivity contribution in [2.45, 2.75) is 89.9 Å². The van der Waals surface area contributed by atoms with E-state index in [9.17, 15) is 32.8 Å². The highest BCUT2D eigenvalue weighted by molar-refractivity contribution is 6.38. The lowest BCUT2D eigenvalue weighted by molar-refractivity contribution is -0.144. The molecule has 2 aliphatic carbocycles. The van der Waals surface area contributed by atoms with Gasteiger partial charge in [-0.15, -0.1) is 0 Å². The van der Waals surface area contributed by atoms with E-state index in [0.717, 1.165) is 7.11 Å². The van der Waals surface area contributed by atoms with Crippen LogP contribution >= 0.6 is 0 Å². The summed E-state index contributed by atoms with van der Waals surface area (Å²) >= 11 is 0. The minimum atomic E-state index is -3.13. The quantitative estimate of drug-likeness (QED) is 0.303. The van der Waals surface area contributed by atoms with Crippen molar-refractivity contribution >= 4 is 29.6 Å².